The van der Waals surface area contributed by atoms with Crippen molar-refractivity contribution in [3.8, 4) is 34.8 Å². The molecular formula is C26H36N2O5. The molecule has 0 heterocycles. The van der Waals surface area contributed by atoms with Gasteiger partial charge in [0.05, 0.1) is 47.0 Å². The summed E-state index contributed by atoms with van der Waals surface area (Å²) in [5.74, 6) is 2.99. The Hall–Kier alpha value is -3.11. The first kappa shape index (κ1) is 26.1. The highest BCUT2D eigenvalue weighted by Gasteiger charge is 2.35. The van der Waals surface area contributed by atoms with Crippen LogP contribution in [-0.4, -0.2) is 41.6 Å². The number of hydrogen-bond acceptors (Lipinski definition) is 7. The molecule has 0 aliphatic heterocycles. The summed E-state index contributed by atoms with van der Waals surface area (Å²) in [5.41, 5.74) is 7.62. The lowest BCUT2D eigenvalue weighted by Crippen LogP contribution is -2.27. The first-order valence-electron chi connectivity index (χ1n) is 11.1. The summed E-state index contributed by atoms with van der Waals surface area (Å²) in [4.78, 5) is 0. The molecule has 2 aromatic carbocycles. The molecule has 2 unspecified atom stereocenters. The fourth-order valence-electron chi connectivity index (χ4n) is 4.25. The average Bonchev–Trinajstić information content (AvgIpc) is 2.85. The molecule has 0 aliphatic carbocycles. The van der Waals surface area contributed by atoms with Crippen LogP contribution < -0.4 is 29.4 Å². The van der Waals surface area contributed by atoms with Crippen LogP contribution in [0.5, 0.6) is 28.7 Å². The Morgan fingerprint density at radius 2 is 1.52 bits per heavy atom. The predicted octanol–water partition coefficient (Wildman–Crippen LogP) is 4.64. The number of nitrogens with zero attached hydrogens (tertiary/aromatic N) is 1. The second kappa shape index (κ2) is 12.2. The van der Waals surface area contributed by atoms with Crippen molar-refractivity contribution in [3.63, 3.8) is 0 Å². The van der Waals surface area contributed by atoms with Gasteiger partial charge in [-0.15, -0.1) is 0 Å². The lowest BCUT2D eigenvalue weighted by Gasteiger charge is -2.29. The van der Waals surface area contributed by atoms with Crippen molar-refractivity contribution in [3.05, 3.63) is 41.5 Å². The quantitative estimate of drug-likeness (QED) is 0.469. The van der Waals surface area contributed by atoms with Crippen LogP contribution in [0.3, 0.4) is 0 Å². The summed E-state index contributed by atoms with van der Waals surface area (Å²) >= 11 is 0. The molecule has 180 valence electrons. The van der Waals surface area contributed by atoms with E-state index < -0.39 is 5.41 Å². The SMILES string of the molecule is CCC(C#N)(CCCC(N)Cc1ccc(OC)c(OC)c1)c1ccc(OC)c(OC)c1OC. The van der Waals surface area contributed by atoms with Gasteiger partial charge in [-0.2, -0.15) is 5.26 Å². The molecule has 33 heavy (non-hydrogen) atoms. The largest absolute Gasteiger partial charge is 0.493 e. The van der Waals surface area contributed by atoms with Crippen molar-refractivity contribution in [2.45, 2.75) is 50.5 Å². The van der Waals surface area contributed by atoms with Crippen molar-refractivity contribution >= 4 is 0 Å². The monoisotopic (exact) mass is 456 g/mol. The third-order valence-corrected chi connectivity index (χ3v) is 6.16. The lowest BCUT2D eigenvalue weighted by molar-refractivity contribution is 0.315. The molecule has 2 rings (SSSR count). The minimum atomic E-state index is -0.714. The molecule has 0 saturated heterocycles. The zero-order valence-corrected chi connectivity index (χ0v) is 20.6. The Morgan fingerprint density at radius 3 is 2.06 bits per heavy atom. The maximum Gasteiger partial charge on any atom is 0.203 e. The van der Waals surface area contributed by atoms with Crippen LogP contribution in [0.25, 0.3) is 0 Å². The van der Waals surface area contributed by atoms with E-state index in [1.807, 2.05) is 37.3 Å². The minimum Gasteiger partial charge on any atom is -0.493 e. The first-order valence-corrected chi connectivity index (χ1v) is 11.1. The van der Waals surface area contributed by atoms with E-state index in [0.717, 1.165) is 24.0 Å². The molecule has 2 N–H and O–H groups in total. The van der Waals surface area contributed by atoms with Gasteiger partial charge in [-0.3, -0.25) is 0 Å². The number of nitrogens with two attached hydrogens (primary N) is 1. The van der Waals surface area contributed by atoms with E-state index in [9.17, 15) is 5.26 Å². The number of benzene rings is 2. The van der Waals surface area contributed by atoms with Gasteiger partial charge in [-0.05, 0) is 61.9 Å². The van der Waals surface area contributed by atoms with E-state index in [4.69, 9.17) is 29.4 Å². The standard InChI is InChI=1S/C26H36N2O5/c1-7-26(17-27,20-11-13-22(30-3)25(33-6)24(20)32-5)14-8-9-19(28)15-18-10-12-21(29-2)23(16-18)31-4/h10-13,16,19H,7-9,14-15,28H2,1-6H3. The van der Waals surface area contributed by atoms with Crippen molar-refractivity contribution in [1.82, 2.24) is 0 Å². The van der Waals surface area contributed by atoms with E-state index in [1.165, 1.54) is 0 Å². The molecule has 0 saturated carbocycles. The van der Waals surface area contributed by atoms with Crippen molar-refractivity contribution < 1.29 is 23.7 Å². The van der Waals surface area contributed by atoms with Gasteiger partial charge in [0.2, 0.25) is 5.75 Å². The molecule has 2 atom stereocenters. The van der Waals surface area contributed by atoms with Gasteiger partial charge in [-0.25, -0.2) is 0 Å². The number of ether oxygens (including phenoxy) is 5. The van der Waals surface area contributed by atoms with Gasteiger partial charge >= 0.3 is 0 Å². The molecule has 7 heteroatoms. The second-order valence-electron chi connectivity index (χ2n) is 7.98. The average molecular weight is 457 g/mol. The molecule has 0 aliphatic rings. The first-order chi connectivity index (χ1) is 15.9. The van der Waals surface area contributed by atoms with Gasteiger partial charge in [0.15, 0.2) is 23.0 Å². The lowest BCUT2D eigenvalue weighted by atomic mass is 9.74. The summed E-state index contributed by atoms with van der Waals surface area (Å²) in [6, 6.07) is 12.1. The topological polar surface area (TPSA) is 96.0 Å². The van der Waals surface area contributed by atoms with Crippen LogP contribution in [0.15, 0.2) is 30.3 Å². The van der Waals surface area contributed by atoms with E-state index in [2.05, 4.69) is 6.07 Å². The Balaban J connectivity index is 2.15. The third kappa shape index (κ3) is 5.82. The smallest absolute Gasteiger partial charge is 0.203 e. The third-order valence-electron chi connectivity index (χ3n) is 6.16. The van der Waals surface area contributed by atoms with E-state index in [1.54, 1.807) is 35.5 Å². The van der Waals surface area contributed by atoms with Crippen LogP contribution in [0, 0.1) is 11.3 Å². The Morgan fingerprint density at radius 1 is 0.879 bits per heavy atom. The molecule has 0 aromatic heterocycles. The summed E-state index contributed by atoms with van der Waals surface area (Å²) in [5, 5.41) is 10.2. The summed E-state index contributed by atoms with van der Waals surface area (Å²) in [6.07, 6.45) is 3.60. The number of rotatable bonds is 13. The molecule has 0 amide bonds. The van der Waals surface area contributed by atoms with Gasteiger partial charge < -0.3 is 29.4 Å². The maximum atomic E-state index is 10.2. The van der Waals surface area contributed by atoms with Crippen LogP contribution in [-0.2, 0) is 11.8 Å². The van der Waals surface area contributed by atoms with Crippen molar-refractivity contribution in [2.75, 3.05) is 35.5 Å². The Kier molecular flexibility index (Phi) is 9.68. The Bertz CT molecular complexity index is 956. The van der Waals surface area contributed by atoms with Crippen LogP contribution >= 0.6 is 0 Å². The fourth-order valence-corrected chi connectivity index (χ4v) is 4.25. The molecule has 0 bridgehead atoms. The van der Waals surface area contributed by atoms with E-state index in [0.29, 0.717) is 48.0 Å². The minimum absolute atomic E-state index is 0.0383. The zero-order valence-electron chi connectivity index (χ0n) is 20.6. The van der Waals surface area contributed by atoms with Crippen molar-refractivity contribution in [2.24, 2.45) is 5.73 Å². The molecule has 2 aromatic rings. The molecule has 7 nitrogen and oxygen atoms in total. The maximum absolute atomic E-state index is 10.2. The van der Waals surface area contributed by atoms with E-state index in [-0.39, 0.29) is 6.04 Å². The van der Waals surface area contributed by atoms with E-state index >= 15 is 0 Å². The van der Waals surface area contributed by atoms with Crippen LogP contribution in [0.1, 0.15) is 43.7 Å². The van der Waals surface area contributed by atoms with Crippen LogP contribution in [0.4, 0.5) is 0 Å². The molecular weight excluding hydrogens is 420 g/mol. The predicted molar refractivity (Wildman–Crippen MR) is 129 cm³/mol. The molecule has 0 radical (unpaired) electrons. The summed E-state index contributed by atoms with van der Waals surface area (Å²) in [6.45, 7) is 2.02. The summed E-state index contributed by atoms with van der Waals surface area (Å²) < 4.78 is 27.3. The number of hydrogen-bond donors (Lipinski definition) is 1. The highest BCUT2D eigenvalue weighted by atomic mass is 16.5. The molecule has 0 fully saturated rings. The number of nitriles is 1. The van der Waals surface area contributed by atoms with Gasteiger partial charge in [0.1, 0.15) is 0 Å². The van der Waals surface area contributed by atoms with Crippen LogP contribution in [0.2, 0.25) is 0 Å². The highest BCUT2D eigenvalue weighted by molar-refractivity contribution is 5.59. The number of methoxy groups -OCH3 is 5. The summed E-state index contributed by atoms with van der Waals surface area (Å²) in [7, 11) is 7.96. The zero-order chi connectivity index (χ0) is 24.4. The van der Waals surface area contributed by atoms with Gasteiger partial charge in [-0.1, -0.05) is 13.0 Å². The Labute approximate surface area is 197 Å². The highest BCUT2D eigenvalue weighted by Crippen LogP contribution is 2.47. The normalized spacial score (nSPS) is 13.4. The second-order valence-corrected chi connectivity index (χ2v) is 7.98. The van der Waals surface area contributed by atoms with Gasteiger partial charge in [0.25, 0.3) is 0 Å². The molecule has 0 spiro atoms. The fraction of sp³-hybridized carbons (Fsp3) is 0.500. The van der Waals surface area contributed by atoms with Crippen molar-refractivity contribution in [1.29, 1.82) is 5.26 Å². The van der Waals surface area contributed by atoms with Gasteiger partial charge in [0, 0.05) is 11.6 Å².